The summed E-state index contributed by atoms with van der Waals surface area (Å²) in [6.45, 7) is 8.05. The lowest BCUT2D eigenvalue weighted by atomic mass is 9.93. The lowest BCUT2D eigenvalue weighted by Gasteiger charge is -2.13. The van der Waals surface area contributed by atoms with E-state index in [9.17, 15) is 0 Å². The van der Waals surface area contributed by atoms with Crippen LogP contribution in [0, 0.1) is 5.41 Å². The number of nitrogens with zero attached hydrogens (tertiary/aromatic N) is 1. The van der Waals surface area contributed by atoms with Crippen molar-refractivity contribution in [3.05, 3.63) is 84.8 Å². The number of aromatic nitrogens is 1. The number of benzene rings is 2. The summed E-state index contributed by atoms with van der Waals surface area (Å²) < 4.78 is 7.67. The summed E-state index contributed by atoms with van der Waals surface area (Å²) >= 11 is 0. The van der Waals surface area contributed by atoms with Crippen LogP contribution in [0.5, 0.6) is 5.75 Å². The first-order chi connectivity index (χ1) is 12.1. The maximum atomic E-state index is 5.36. The van der Waals surface area contributed by atoms with Crippen molar-refractivity contribution in [3.8, 4) is 11.4 Å². The van der Waals surface area contributed by atoms with Crippen molar-refractivity contribution < 1.29 is 4.74 Å². The summed E-state index contributed by atoms with van der Waals surface area (Å²) in [5.41, 5.74) is 4.85. The van der Waals surface area contributed by atoms with Gasteiger partial charge in [-0.3, -0.25) is 0 Å². The molecule has 0 saturated carbocycles. The van der Waals surface area contributed by atoms with E-state index in [1.807, 2.05) is 12.1 Å². The normalized spacial score (nSPS) is 15.0. The van der Waals surface area contributed by atoms with Crippen LogP contribution in [-0.4, -0.2) is 4.57 Å². The van der Waals surface area contributed by atoms with Gasteiger partial charge < -0.3 is 9.30 Å². The van der Waals surface area contributed by atoms with Crippen molar-refractivity contribution in [1.82, 2.24) is 4.57 Å². The number of rotatable bonds is 3. The van der Waals surface area contributed by atoms with Crippen molar-refractivity contribution in [2.75, 3.05) is 0 Å². The molecule has 124 valence electrons. The molecule has 0 N–H and O–H groups in total. The van der Waals surface area contributed by atoms with E-state index in [1.54, 1.807) is 0 Å². The van der Waals surface area contributed by atoms with E-state index in [-0.39, 0.29) is 5.41 Å². The molecule has 25 heavy (non-hydrogen) atoms. The van der Waals surface area contributed by atoms with Crippen LogP contribution in [-0.2, 0) is 0 Å². The van der Waals surface area contributed by atoms with Gasteiger partial charge in [-0.15, -0.1) is 0 Å². The second-order valence-corrected chi connectivity index (χ2v) is 6.92. The summed E-state index contributed by atoms with van der Waals surface area (Å²) in [7, 11) is 0. The van der Waals surface area contributed by atoms with E-state index >= 15 is 0 Å². The van der Waals surface area contributed by atoms with E-state index in [0.29, 0.717) is 0 Å². The van der Waals surface area contributed by atoms with Crippen molar-refractivity contribution in [2.24, 2.45) is 5.41 Å². The van der Waals surface area contributed by atoms with Gasteiger partial charge in [0.2, 0.25) is 0 Å². The molecule has 1 aliphatic carbocycles. The Kier molecular flexibility index (Phi) is 3.61. The third-order valence-electron chi connectivity index (χ3n) is 4.62. The van der Waals surface area contributed by atoms with Crippen molar-refractivity contribution >= 4 is 23.1 Å². The zero-order valence-corrected chi connectivity index (χ0v) is 14.6. The minimum atomic E-state index is 0.0482. The average molecular weight is 327 g/mol. The number of fused-ring (bicyclic) bond motifs is 3. The highest BCUT2D eigenvalue weighted by Crippen LogP contribution is 2.36. The molecule has 0 radical (unpaired) electrons. The van der Waals surface area contributed by atoms with Crippen LogP contribution in [0.25, 0.3) is 28.7 Å². The summed E-state index contributed by atoms with van der Waals surface area (Å²) in [5, 5.41) is 1.27. The molecule has 0 aliphatic heterocycles. The Bertz CT molecular complexity index is 1000. The van der Waals surface area contributed by atoms with Gasteiger partial charge in [0, 0.05) is 22.1 Å². The molecule has 1 heterocycles. The summed E-state index contributed by atoms with van der Waals surface area (Å²) in [4.78, 5) is 0. The third-order valence-corrected chi connectivity index (χ3v) is 4.62. The van der Waals surface area contributed by atoms with Crippen LogP contribution in [0.1, 0.15) is 25.1 Å². The molecular weight excluding hydrogens is 306 g/mol. The fourth-order valence-corrected chi connectivity index (χ4v) is 3.32. The molecule has 1 aliphatic rings. The highest BCUT2D eigenvalue weighted by molar-refractivity contribution is 5.96. The van der Waals surface area contributed by atoms with Gasteiger partial charge in [0.1, 0.15) is 5.75 Å². The summed E-state index contributed by atoms with van der Waals surface area (Å²) in [5.74, 6) is 0.790. The third kappa shape index (κ3) is 2.70. The molecule has 0 fully saturated rings. The second-order valence-electron chi connectivity index (χ2n) is 6.92. The maximum absolute atomic E-state index is 5.36. The maximum Gasteiger partial charge on any atom is 0.126 e. The van der Waals surface area contributed by atoms with Gasteiger partial charge in [-0.1, -0.05) is 56.9 Å². The molecule has 3 aromatic rings. The van der Waals surface area contributed by atoms with Crippen LogP contribution < -0.4 is 4.74 Å². The molecule has 0 atom stereocenters. The fourth-order valence-electron chi connectivity index (χ4n) is 3.32. The van der Waals surface area contributed by atoms with Gasteiger partial charge in [-0.2, -0.15) is 0 Å². The van der Waals surface area contributed by atoms with Gasteiger partial charge >= 0.3 is 0 Å². The molecular formula is C23H21NO. The number of hydrogen-bond donors (Lipinski definition) is 0. The van der Waals surface area contributed by atoms with Gasteiger partial charge in [0.25, 0.3) is 0 Å². The summed E-state index contributed by atoms with van der Waals surface area (Å²) in [6, 6.07) is 16.7. The largest absolute Gasteiger partial charge is 0.466 e. The fraction of sp³-hybridized carbons (Fsp3) is 0.130. The molecule has 0 unspecified atom stereocenters. The van der Waals surface area contributed by atoms with Crippen molar-refractivity contribution in [2.45, 2.75) is 13.8 Å². The van der Waals surface area contributed by atoms with Crippen LogP contribution in [0.4, 0.5) is 0 Å². The number of para-hydroxylation sites is 1. The van der Waals surface area contributed by atoms with Gasteiger partial charge in [0.05, 0.1) is 17.5 Å². The van der Waals surface area contributed by atoms with Crippen molar-refractivity contribution in [3.63, 3.8) is 0 Å². The predicted molar refractivity (Wildman–Crippen MR) is 106 cm³/mol. The highest BCUT2D eigenvalue weighted by Gasteiger charge is 2.19. The van der Waals surface area contributed by atoms with Crippen LogP contribution in [0.3, 0.4) is 0 Å². The van der Waals surface area contributed by atoms with E-state index in [4.69, 9.17) is 4.74 Å². The Balaban J connectivity index is 1.97. The molecule has 1 aromatic heterocycles. The number of ether oxygens (including phenoxy) is 1. The molecule has 4 rings (SSSR count). The van der Waals surface area contributed by atoms with Crippen molar-refractivity contribution in [1.29, 1.82) is 0 Å². The van der Waals surface area contributed by atoms with E-state index in [0.717, 1.165) is 11.4 Å². The summed E-state index contributed by atoms with van der Waals surface area (Å²) in [6.07, 6.45) is 10.5. The Morgan fingerprint density at radius 1 is 0.960 bits per heavy atom. The minimum absolute atomic E-state index is 0.0482. The lowest BCUT2D eigenvalue weighted by molar-refractivity contribution is 0.483. The first-order valence-electron chi connectivity index (χ1n) is 8.49. The van der Waals surface area contributed by atoms with Crippen LogP contribution in [0.15, 0.2) is 73.5 Å². The van der Waals surface area contributed by atoms with E-state index in [2.05, 4.69) is 85.7 Å². The second kappa shape index (κ2) is 5.82. The molecule has 2 aromatic carbocycles. The zero-order chi connectivity index (χ0) is 17.4. The molecule has 0 bridgehead atoms. The average Bonchev–Trinajstić information content (AvgIpc) is 2.84. The quantitative estimate of drug-likeness (QED) is 0.521. The van der Waals surface area contributed by atoms with E-state index < -0.39 is 0 Å². The molecule has 2 nitrogen and oxygen atoms in total. The molecule has 0 saturated heterocycles. The Labute approximate surface area is 148 Å². The van der Waals surface area contributed by atoms with Crippen LogP contribution in [0.2, 0.25) is 0 Å². The Morgan fingerprint density at radius 2 is 1.68 bits per heavy atom. The molecule has 0 spiro atoms. The smallest absolute Gasteiger partial charge is 0.126 e. The standard InChI is InChI=1S/C23H21NO/c1-4-25-18-11-9-17(10-12-18)24-21-8-6-5-7-19(21)20-13-15-23(2,3)16-14-22(20)24/h4-16H,1H2,2-3H3. The first kappa shape index (κ1) is 15.5. The predicted octanol–water partition coefficient (Wildman–Crippen LogP) is 6.22. The minimum Gasteiger partial charge on any atom is -0.466 e. The van der Waals surface area contributed by atoms with Gasteiger partial charge in [-0.05, 0) is 36.4 Å². The number of allylic oxidation sites excluding steroid dienone is 2. The Morgan fingerprint density at radius 3 is 2.44 bits per heavy atom. The van der Waals surface area contributed by atoms with E-state index in [1.165, 1.54) is 28.4 Å². The van der Waals surface area contributed by atoms with Crippen LogP contribution >= 0.6 is 0 Å². The van der Waals surface area contributed by atoms with Gasteiger partial charge in [-0.25, -0.2) is 0 Å². The van der Waals surface area contributed by atoms with Gasteiger partial charge in [0.15, 0.2) is 0 Å². The topological polar surface area (TPSA) is 14.2 Å². The SMILES string of the molecule is C=COc1ccc(-n2c3c(c4ccccc42)C=CC(C)(C)C=C3)cc1. The lowest BCUT2D eigenvalue weighted by Crippen LogP contribution is -2.01. The molecule has 0 amide bonds. The Hall–Kier alpha value is -3.00. The number of hydrogen-bond acceptors (Lipinski definition) is 1. The monoisotopic (exact) mass is 327 g/mol. The highest BCUT2D eigenvalue weighted by atomic mass is 16.5. The first-order valence-corrected chi connectivity index (χ1v) is 8.49. The zero-order valence-electron chi connectivity index (χ0n) is 14.6. The molecule has 2 heteroatoms.